The monoisotopic (exact) mass is 358 g/mol. The fourth-order valence-electron chi connectivity index (χ4n) is 2.29. The minimum absolute atomic E-state index is 0.187. The quantitative estimate of drug-likeness (QED) is 0.852. The molecule has 0 radical (unpaired) electrons. The zero-order chi connectivity index (χ0) is 12.5. The van der Waals surface area contributed by atoms with Gasteiger partial charge in [-0.25, -0.2) is 0 Å². The fraction of sp³-hybridized carbons (Fsp3) is 0.500. The maximum absolute atomic E-state index is 5.53. The summed E-state index contributed by atoms with van der Waals surface area (Å²) in [6, 6.07) is 4.15. The van der Waals surface area contributed by atoms with Crippen molar-refractivity contribution < 1.29 is 4.42 Å². The molecule has 1 atom stereocenters. The molecule has 1 aliphatic rings. The molecular weight excluding hydrogens is 343 g/mol. The molecule has 0 aliphatic carbocycles. The van der Waals surface area contributed by atoms with Crippen molar-refractivity contribution in [2.75, 3.05) is 0 Å². The standard InChI is InChI=1S/C12H15IN4O/c1-8(14-7-9-4-5-10(13)18-9)12-16-15-11-3-2-6-17(11)12/h4-5,8,14H,2-3,6-7H2,1H3. The molecule has 18 heavy (non-hydrogen) atoms. The lowest BCUT2D eigenvalue weighted by molar-refractivity contribution is 0.433. The van der Waals surface area contributed by atoms with E-state index in [0.29, 0.717) is 6.54 Å². The van der Waals surface area contributed by atoms with Gasteiger partial charge in [0.1, 0.15) is 17.4 Å². The van der Waals surface area contributed by atoms with Gasteiger partial charge in [-0.1, -0.05) is 0 Å². The molecule has 1 aliphatic heterocycles. The number of furan rings is 1. The van der Waals surface area contributed by atoms with Crippen LogP contribution in [0.3, 0.4) is 0 Å². The number of aryl methyl sites for hydroxylation is 1. The minimum Gasteiger partial charge on any atom is -0.454 e. The van der Waals surface area contributed by atoms with Gasteiger partial charge >= 0.3 is 0 Å². The summed E-state index contributed by atoms with van der Waals surface area (Å²) in [7, 11) is 0. The molecule has 3 rings (SSSR count). The lowest BCUT2D eigenvalue weighted by atomic mass is 10.3. The Labute approximate surface area is 119 Å². The van der Waals surface area contributed by atoms with Crippen molar-refractivity contribution in [3.8, 4) is 0 Å². The second kappa shape index (κ2) is 5.00. The van der Waals surface area contributed by atoms with E-state index in [1.54, 1.807) is 0 Å². The first-order valence-electron chi connectivity index (χ1n) is 6.13. The molecule has 0 bridgehead atoms. The third-order valence-electron chi connectivity index (χ3n) is 3.24. The van der Waals surface area contributed by atoms with Crippen LogP contribution in [0, 0.1) is 3.77 Å². The molecule has 1 unspecified atom stereocenters. The van der Waals surface area contributed by atoms with Crippen molar-refractivity contribution in [2.45, 2.75) is 38.9 Å². The summed E-state index contributed by atoms with van der Waals surface area (Å²) in [4.78, 5) is 0. The van der Waals surface area contributed by atoms with Crippen molar-refractivity contribution in [2.24, 2.45) is 0 Å². The van der Waals surface area contributed by atoms with E-state index in [1.165, 1.54) is 6.42 Å². The van der Waals surface area contributed by atoms with E-state index in [9.17, 15) is 0 Å². The van der Waals surface area contributed by atoms with Crippen LogP contribution in [0.1, 0.15) is 36.8 Å². The van der Waals surface area contributed by atoms with E-state index in [-0.39, 0.29) is 6.04 Å². The smallest absolute Gasteiger partial charge is 0.164 e. The number of halogens is 1. The van der Waals surface area contributed by atoms with Crippen LogP contribution >= 0.6 is 22.6 Å². The van der Waals surface area contributed by atoms with Crippen LogP contribution in [0.25, 0.3) is 0 Å². The SMILES string of the molecule is CC(NCc1ccc(I)o1)c1nnc2n1CCC2. The number of aromatic nitrogens is 3. The van der Waals surface area contributed by atoms with Gasteiger partial charge in [0.05, 0.1) is 12.6 Å². The highest BCUT2D eigenvalue weighted by Crippen LogP contribution is 2.19. The number of hydrogen-bond donors (Lipinski definition) is 1. The predicted octanol–water partition coefficient (Wildman–Crippen LogP) is 2.27. The summed E-state index contributed by atoms with van der Waals surface area (Å²) < 4.78 is 8.67. The molecular formula is C12H15IN4O. The average molecular weight is 358 g/mol. The number of fused-ring (bicyclic) bond motifs is 1. The van der Waals surface area contributed by atoms with Crippen molar-refractivity contribution in [1.29, 1.82) is 0 Å². The van der Waals surface area contributed by atoms with Crippen LogP contribution in [0.4, 0.5) is 0 Å². The maximum Gasteiger partial charge on any atom is 0.164 e. The lowest BCUT2D eigenvalue weighted by Gasteiger charge is -2.12. The Morgan fingerprint density at radius 2 is 2.39 bits per heavy atom. The Morgan fingerprint density at radius 3 is 3.17 bits per heavy atom. The van der Waals surface area contributed by atoms with E-state index < -0.39 is 0 Å². The number of nitrogens with zero attached hydrogens (tertiary/aromatic N) is 3. The highest BCUT2D eigenvalue weighted by Gasteiger charge is 2.21. The first kappa shape index (κ1) is 12.2. The topological polar surface area (TPSA) is 55.9 Å². The molecule has 6 heteroatoms. The van der Waals surface area contributed by atoms with E-state index >= 15 is 0 Å². The average Bonchev–Trinajstić information content (AvgIpc) is 3.01. The molecule has 0 saturated carbocycles. The van der Waals surface area contributed by atoms with E-state index in [0.717, 1.165) is 34.1 Å². The first-order valence-corrected chi connectivity index (χ1v) is 7.21. The van der Waals surface area contributed by atoms with Gasteiger partial charge in [0, 0.05) is 13.0 Å². The second-order valence-corrected chi connectivity index (χ2v) is 5.60. The van der Waals surface area contributed by atoms with Gasteiger partial charge in [-0.05, 0) is 48.1 Å². The zero-order valence-corrected chi connectivity index (χ0v) is 12.3. The summed E-state index contributed by atoms with van der Waals surface area (Å²) in [5, 5.41) is 11.9. The fourth-order valence-corrected chi connectivity index (χ4v) is 2.75. The number of hydrogen-bond acceptors (Lipinski definition) is 4. The van der Waals surface area contributed by atoms with Gasteiger partial charge in [0.2, 0.25) is 0 Å². The third kappa shape index (κ3) is 2.31. The highest BCUT2D eigenvalue weighted by atomic mass is 127. The molecule has 2 aromatic heterocycles. The van der Waals surface area contributed by atoms with E-state index in [1.807, 2.05) is 12.1 Å². The Kier molecular flexibility index (Phi) is 3.38. The van der Waals surface area contributed by atoms with Crippen molar-refractivity contribution in [3.63, 3.8) is 0 Å². The summed E-state index contributed by atoms with van der Waals surface area (Å²) in [6.45, 7) is 3.87. The lowest BCUT2D eigenvalue weighted by Crippen LogP contribution is -2.21. The molecule has 2 aromatic rings. The Balaban J connectivity index is 1.66. The number of nitrogens with one attached hydrogen (secondary N) is 1. The molecule has 0 amide bonds. The van der Waals surface area contributed by atoms with Crippen molar-refractivity contribution in [1.82, 2.24) is 20.1 Å². The summed E-state index contributed by atoms with van der Waals surface area (Å²) >= 11 is 2.17. The number of rotatable bonds is 4. The normalized spacial score (nSPS) is 15.9. The van der Waals surface area contributed by atoms with Gasteiger partial charge < -0.3 is 14.3 Å². The van der Waals surface area contributed by atoms with Crippen LogP contribution in [0.5, 0.6) is 0 Å². The Bertz CT molecular complexity index is 548. The van der Waals surface area contributed by atoms with E-state index in [2.05, 4.69) is 49.6 Å². The van der Waals surface area contributed by atoms with Crippen molar-refractivity contribution >= 4 is 22.6 Å². The molecule has 0 saturated heterocycles. The Morgan fingerprint density at radius 1 is 1.50 bits per heavy atom. The molecule has 0 aromatic carbocycles. The van der Waals surface area contributed by atoms with Crippen LogP contribution in [0.2, 0.25) is 0 Å². The van der Waals surface area contributed by atoms with Crippen LogP contribution in [-0.4, -0.2) is 14.8 Å². The van der Waals surface area contributed by atoms with Crippen LogP contribution < -0.4 is 5.32 Å². The highest BCUT2D eigenvalue weighted by molar-refractivity contribution is 14.1. The summed E-state index contributed by atoms with van der Waals surface area (Å²) in [5.41, 5.74) is 0. The molecule has 96 valence electrons. The molecule has 3 heterocycles. The maximum atomic E-state index is 5.53. The van der Waals surface area contributed by atoms with Crippen LogP contribution in [-0.2, 0) is 19.5 Å². The molecule has 0 fully saturated rings. The molecule has 0 spiro atoms. The van der Waals surface area contributed by atoms with Crippen molar-refractivity contribution in [3.05, 3.63) is 33.3 Å². The van der Waals surface area contributed by atoms with E-state index in [4.69, 9.17) is 4.42 Å². The van der Waals surface area contributed by atoms with Gasteiger partial charge in [0.15, 0.2) is 3.77 Å². The summed E-state index contributed by atoms with van der Waals surface area (Å²) in [6.07, 6.45) is 2.23. The minimum atomic E-state index is 0.187. The van der Waals surface area contributed by atoms with Gasteiger partial charge in [-0.3, -0.25) is 0 Å². The zero-order valence-electron chi connectivity index (χ0n) is 10.2. The third-order valence-corrected chi connectivity index (χ3v) is 3.82. The van der Waals surface area contributed by atoms with Gasteiger partial charge in [0.25, 0.3) is 0 Å². The van der Waals surface area contributed by atoms with Crippen LogP contribution in [0.15, 0.2) is 16.5 Å². The largest absolute Gasteiger partial charge is 0.454 e. The van der Waals surface area contributed by atoms with Gasteiger partial charge in [-0.15, -0.1) is 10.2 Å². The first-order chi connectivity index (χ1) is 8.74. The molecule has 1 N–H and O–H groups in total. The van der Waals surface area contributed by atoms with Gasteiger partial charge in [-0.2, -0.15) is 0 Å². The Hall–Kier alpha value is -0.890. The molecule has 5 nitrogen and oxygen atoms in total. The second-order valence-electron chi connectivity index (χ2n) is 4.54. The summed E-state index contributed by atoms with van der Waals surface area (Å²) in [5.74, 6) is 3.10. The predicted molar refractivity (Wildman–Crippen MR) is 75.0 cm³/mol.